The molecule has 1 atom stereocenters. The molecule has 1 aliphatic heterocycles. The van der Waals surface area contributed by atoms with E-state index >= 15 is 0 Å². The number of alkyl carbamates (subject to hydrolysis) is 1. The van der Waals surface area contributed by atoms with Crippen LogP contribution in [0.15, 0.2) is 48.5 Å². The molecule has 0 radical (unpaired) electrons. The Kier molecular flexibility index (Phi) is 5.61. The summed E-state index contributed by atoms with van der Waals surface area (Å²) in [7, 11) is 0. The molecule has 0 unspecified atom stereocenters. The van der Waals surface area contributed by atoms with E-state index in [1.54, 1.807) is 0 Å². The van der Waals surface area contributed by atoms with Crippen molar-refractivity contribution in [3.63, 3.8) is 0 Å². The highest BCUT2D eigenvalue weighted by molar-refractivity contribution is 5.85. The van der Waals surface area contributed by atoms with Gasteiger partial charge in [0.25, 0.3) is 0 Å². The zero-order valence-corrected chi connectivity index (χ0v) is 14.9. The normalized spacial score (nSPS) is 18.2. The molecule has 5 heteroatoms. The molecule has 2 aliphatic rings. The van der Waals surface area contributed by atoms with Crippen LogP contribution in [0.4, 0.5) is 4.79 Å². The van der Waals surface area contributed by atoms with Crippen molar-refractivity contribution in [2.24, 2.45) is 5.92 Å². The molecule has 1 fully saturated rings. The van der Waals surface area contributed by atoms with Gasteiger partial charge in [0.2, 0.25) is 0 Å². The molecule has 1 amide bonds. The van der Waals surface area contributed by atoms with E-state index in [2.05, 4.69) is 47.0 Å². The monoisotopic (exact) mass is 358 g/mol. The average Bonchev–Trinajstić information content (AvgIpc) is 3.25. The number of hydrogen-bond acceptors (Lipinski definition) is 3. The Bertz CT molecular complexity index is 698. The van der Waals surface area contributed by atoms with E-state index < -0.39 is 0 Å². The van der Waals surface area contributed by atoms with Crippen LogP contribution in [0.25, 0.3) is 11.1 Å². The summed E-state index contributed by atoms with van der Waals surface area (Å²) in [5.41, 5.74) is 4.98. The lowest BCUT2D eigenvalue weighted by Crippen LogP contribution is -2.31. The molecular weight excluding hydrogens is 336 g/mol. The number of halogens is 1. The second kappa shape index (κ2) is 7.89. The van der Waals surface area contributed by atoms with Gasteiger partial charge in [-0.1, -0.05) is 48.5 Å². The van der Waals surface area contributed by atoms with Crippen LogP contribution in [0.5, 0.6) is 0 Å². The predicted octanol–water partition coefficient (Wildman–Crippen LogP) is 3.56. The van der Waals surface area contributed by atoms with Crippen molar-refractivity contribution in [2.75, 3.05) is 26.2 Å². The Morgan fingerprint density at radius 2 is 1.72 bits per heavy atom. The van der Waals surface area contributed by atoms with Gasteiger partial charge in [-0.15, -0.1) is 12.4 Å². The zero-order valence-electron chi connectivity index (χ0n) is 14.0. The van der Waals surface area contributed by atoms with Crippen LogP contribution in [0.2, 0.25) is 0 Å². The highest BCUT2D eigenvalue weighted by Gasteiger charge is 2.29. The van der Waals surface area contributed by atoms with Crippen LogP contribution in [0.3, 0.4) is 0 Å². The first-order valence-corrected chi connectivity index (χ1v) is 8.62. The number of nitrogens with one attached hydrogen (secondary N) is 2. The Hall–Kier alpha value is -2.04. The van der Waals surface area contributed by atoms with Gasteiger partial charge in [0.15, 0.2) is 0 Å². The van der Waals surface area contributed by atoms with E-state index in [9.17, 15) is 4.79 Å². The van der Waals surface area contributed by atoms with Gasteiger partial charge >= 0.3 is 6.09 Å². The van der Waals surface area contributed by atoms with E-state index in [0.717, 1.165) is 19.5 Å². The molecule has 2 N–H and O–H groups in total. The standard InChI is InChI=1S/C20H22N2O2.ClH/c23-20(22-12-14-9-10-21-11-14)24-13-19-17-7-3-1-5-15(17)16-6-2-4-8-18(16)19;/h1-8,14,19,21H,9-13H2,(H,22,23);1H/t14-;/m1./s1. The Morgan fingerprint density at radius 3 is 2.32 bits per heavy atom. The van der Waals surface area contributed by atoms with Gasteiger partial charge < -0.3 is 15.4 Å². The minimum atomic E-state index is -0.316. The molecule has 1 heterocycles. The maximum atomic E-state index is 12.0. The lowest BCUT2D eigenvalue weighted by Gasteiger charge is -2.15. The number of fused-ring (bicyclic) bond motifs is 3. The molecule has 25 heavy (non-hydrogen) atoms. The van der Waals surface area contributed by atoms with Crippen molar-refractivity contribution in [3.8, 4) is 11.1 Å². The summed E-state index contributed by atoms with van der Waals surface area (Å²) in [6.07, 6.45) is 0.799. The van der Waals surface area contributed by atoms with E-state index in [-0.39, 0.29) is 24.4 Å². The fourth-order valence-corrected chi connectivity index (χ4v) is 3.77. The maximum Gasteiger partial charge on any atom is 0.407 e. The number of carbonyl (C=O) groups is 1. The number of hydrogen-bond donors (Lipinski definition) is 2. The van der Waals surface area contributed by atoms with Crippen LogP contribution in [0.1, 0.15) is 23.5 Å². The molecule has 2 aromatic rings. The number of ether oxygens (including phenoxy) is 1. The summed E-state index contributed by atoms with van der Waals surface area (Å²) in [6, 6.07) is 16.7. The molecule has 1 saturated heterocycles. The molecule has 0 aromatic heterocycles. The largest absolute Gasteiger partial charge is 0.449 e. The third-order valence-electron chi connectivity index (χ3n) is 5.04. The quantitative estimate of drug-likeness (QED) is 0.878. The van der Waals surface area contributed by atoms with E-state index in [0.29, 0.717) is 19.1 Å². The summed E-state index contributed by atoms with van der Waals surface area (Å²) < 4.78 is 5.53. The van der Waals surface area contributed by atoms with Crippen molar-refractivity contribution in [2.45, 2.75) is 12.3 Å². The number of rotatable bonds is 4. The topological polar surface area (TPSA) is 50.4 Å². The van der Waals surface area contributed by atoms with Gasteiger partial charge in [-0.25, -0.2) is 4.79 Å². The first-order valence-electron chi connectivity index (χ1n) is 8.62. The summed E-state index contributed by atoms with van der Waals surface area (Å²) in [6.45, 7) is 3.08. The lowest BCUT2D eigenvalue weighted by molar-refractivity contribution is 0.141. The molecule has 0 spiro atoms. The van der Waals surface area contributed by atoms with E-state index in [1.165, 1.54) is 22.3 Å². The molecule has 4 nitrogen and oxygen atoms in total. The smallest absolute Gasteiger partial charge is 0.407 e. The zero-order chi connectivity index (χ0) is 16.4. The summed E-state index contributed by atoms with van der Waals surface area (Å²) in [4.78, 5) is 12.0. The van der Waals surface area contributed by atoms with Gasteiger partial charge in [-0.2, -0.15) is 0 Å². The predicted molar refractivity (Wildman–Crippen MR) is 101 cm³/mol. The molecule has 0 bridgehead atoms. The van der Waals surface area contributed by atoms with Crippen LogP contribution in [-0.4, -0.2) is 32.3 Å². The minimum absolute atomic E-state index is 0. The summed E-state index contributed by atoms with van der Waals surface area (Å²) in [5, 5.41) is 6.20. The van der Waals surface area contributed by atoms with Gasteiger partial charge in [-0.3, -0.25) is 0 Å². The van der Waals surface area contributed by atoms with Crippen LogP contribution in [-0.2, 0) is 4.74 Å². The van der Waals surface area contributed by atoms with Crippen molar-refractivity contribution >= 4 is 18.5 Å². The third-order valence-corrected chi connectivity index (χ3v) is 5.04. The van der Waals surface area contributed by atoms with Crippen molar-refractivity contribution in [1.29, 1.82) is 0 Å². The fraction of sp³-hybridized carbons (Fsp3) is 0.350. The summed E-state index contributed by atoms with van der Waals surface area (Å²) in [5.74, 6) is 0.641. The number of carbonyl (C=O) groups excluding carboxylic acids is 1. The SMILES string of the molecule is Cl.O=C(NC[C@@H]1CCNC1)OCC1c2ccccc2-c2ccccc21. The highest BCUT2D eigenvalue weighted by Crippen LogP contribution is 2.44. The Morgan fingerprint density at radius 1 is 1.08 bits per heavy atom. The van der Waals surface area contributed by atoms with Crippen LogP contribution in [0, 0.1) is 5.92 Å². The van der Waals surface area contributed by atoms with Crippen molar-refractivity contribution in [3.05, 3.63) is 59.7 Å². The van der Waals surface area contributed by atoms with E-state index in [1.807, 2.05) is 12.1 Å². The second-order valence-electron chi connectivity index (χ2n) is 6.57. The molecule has 1 aliphatic carbocycles. The van der Waals surface area contributed by atoms with Gasteiger partial charge in [0, 0.05) is 12.5 Å². The highest BCUT2D eigenvalue weighted by atomic mass is 35.5. The van der Waals surface area contributed by atoms with Gasteiger partial charge in [0.05, 0.1) is 0 Å². The molecule has 132 valence electrons. The third kappa shape index (κ3) is 3.65. The fourth-order valence-electron chi connectivity index (χ4n) is 3.77. The van der Waals surface area contributed by atoms with Crippen LogP contribution < -0.4 is 10.6 Å². The summed E-state index contributed by atoms with van der Waals surface area (Å²) >= 11 is 0. The Balaban J connectivity index is 0.00000182. The van der Waals surface area contributed by atoms with Gasteiger partial charge in [-0.05, 0) is 47.7 Å². The molecular formula is C20H23ClN2O2. The second-order valence-corrected chi connectivity index (χ2v) is 6.57. The van der Waals surface area contributed by atoms with Crippen molar-refractivity contribution < 1.29 is 9.53 Å². The first-order chi connectivity index (χ1) is 11.8. The van der Waals surface area contributed by atoms with E-state index in [4.69, 9.17) is 4.74 Å². The Labute approximate surface area is 154 Å². The molecule has 4 rings (SSSR count). The average molecular weight is 359 g/mol. The number of benzene rings is 2. The number of amides is 1. The van der Waals surface area contributed by atoms with Gasteiger partial charge in [0.1, 0.15) is 6.61 Å². The van der Waals surface area contributed by atoms with Crippen LogP contribution >= 0.6 is 12.4 Å². The maximum absolute atomic E-state index is 12.0. The first kappa shape index (κ1) is 17.8. The molecule has 0 saturated carbocycles. The minimum Gasteiger partial charge on any atom is -0.449 e. The lowest BCUT2D eigenvalue weighted by atomic mass is 9.98. The molecule has 2 aromatic carbocycles. The van der Waals surface area contributed by atoms with Crippen molar-refractivity contribution in [1.82, 2.24) is 10.6 Å².